The van der Waals surface area contributed by atoms with Crippen LogP contribution in [0.25, 0.3) is 11.3 Å². The minimum Gasteiger partial charge on any atom is -0.507 e. The molecule has 256 valence electrons. The van der Waals surface area contributed by atoms with Crippen LogP contribution in [0.4, 0.5) is 0 Å². The smallest absolute Gasteiger partial charge is 0.290 e. The van der Waals surface area contributed by atoms with Crippen LogP contribution in [-0.2, 0) is 11.2 Å². The lowest BCUT2D eigenvalue weighted by molar-refractivity contribution is -0.122. The van der Waals surface area contributed by atoms with Crippen molar-refractivity contribution >= 4 is 18.3 Å². The van der Waals surface area contributed by atoms with E-state index in [9.17, 15) is 14.7 Å². The molecule has 3 N–H and O–H groups in total. The maximum Gasteiger partial charge on any atom is 0.290 e. The van der Waals surface area contributed by atoms with Crippen molar-refractivity contribution in [2.75, 3.05) is 26.8 Å². The number of amides is 2. The molecule has 1 atom stereocenters. The van der Waals surface area contributed by atoms with Crippen LogP contribution < -0.4 is 19.5 Å². The summed E-state index contributed by atoms with van der Waals surface area (Å²) in [6, 6.07) is 25.1. The number of carboxylic acid groups (broad SMARTS) is 1. The zero-order valence-electron chi connectivity index (χ0n) is 27.4. The Bertz CT molecular complexity index is 2030. The predicted molar refractivity (Wildman–Crippen MR) is 182 cm³/mol. The quantitative estimate of drug-likeness (QED) is 0.189. The molecule has 5 aromatic rings. The fraction of sp³-hybridized carbons (Fsp3) is 0.211. The van der Waals surface area contributed by atoms with Gasteiger partial charge in [0.2, 0.25) is 0 Å². The summed E-state index contributed by atoms with van der Waals surface area (Å²) >= 11 is 0. The number of fused-ring (bicyclic) bond motifs is 6. The lowest BCUT2D eigenvalue weighted by atomic mass is 9.87. The van der Waals surface area contributed by atoms with E-state index in [4.69, 9.17) is 28.6 Å². The highest BCUT2D eigenvalue weighted by molar-refractivity contribution is 6.01. The Morgan fingerprint density at radius 3 is 2.58 bits per heavy atom. The molecule has 0 saturated heterocycles. The zero-order valence-corrected chi connectivity index (χ0v) is 27.4. The number of hydrogen-bond donors (Lipinski definition) is 3. The summed E-state index contributed by atoms with van der Waals surface area (Å²) in [6.45, 7) is 2.55. The van der Waals surface area contributed by atoms with Gasteiger partial charge in [-0.2, -0.15) is 0 Å². The van der Waals surface area contributed by atoms with Crippen LogP contribution in [-0.4, -0.2) is 65.4 Å². The van der Waals surface area contributed by atoms with E-state index in [2.05, 4.69) is 10.5 Å². The van der Waals surface area contributed by atoms with E-state index in [1.54, 1.807) is 20.1 Å². The molecule has 3 aliphatic rings. The molecule has 50 heavy (non-hydrogen) atoms. The first-order valence-corrected chi connectivity index (χ1v) is 16.0. The van der Waals surface area contributed by atoms with E-state index < -0.39 is 11.9 Å². The third kappa shape index (κ3) is 6.81. The normalized spacial score (nSPS) is 15.2. The number of nitrogens with one attached hydrogen (secondary N) is 1. The van der Waals surface area contributed by atoms with Gasteiger partial charge in [-0.3, -0.25) is 14.4 Å². The number of carbonyl (C=O) groups excluding carboxylic acids is 2. The van der Waals surface area contributed by atoms with Gasteiger partial charge in [0.15, 0.2) is 11.5 Å². The largest absolute Gasteiger partial charge is 0.507 e. The van der Waals surface area contributed by atoms with E-state index in [1.165, 1.54) is 12.1 Å². The number of phenolic OH excluding ortho intramolecular Hbond substituents is 1. The first-order valence-electron chi connectivity index (χ1n) is 16.0. The van der Waals surface area contributed by atoms with Crippen LogP contribution in [0.3, 0.4) is 0 Å². The molecule has 8 bridgehead atoms. The van der Waals surface area contributed by atoms with Gasteiger partial charge in [0.1, 0.15) is 34.3 Å². The molecule has 0 radical (unpaired) electrons. The van der Waals surface area contributed by atoms with Gasteiger partial charge in [-0.15, -0.1) is 0 Å². The number of methoxy groups -OCH3 is 1. The van der Waals surface area contributed by atoms with Crippen molar-refractivity contribution in [1.29, 1.82) is 0 Å². The minimum absolute atomic E-state index is 0.116. The third-order valence-corrected chi connectivity index (χ3v) is 8.54. The predicted octanol–water partition coefficient (Wildman–Crippen LogP) is 6.16. The molecule has 8 rings (SSSR count). The average molecular weight is 678 g/mol. The first kappa shape index (κ1) is 33.6. The van der Waals surface area contributed by atoms with Crippen LogP contribution >= 0.6 is 0 Å². The number of nitrogens with zero attached hydrogens (tertiary/aromatic N) is 2. The van der Waals surface area contributed by atoms with Crippen molar-refractivity contribution < 1.29 is 43.3 Å². The molecule has 1 aromatic heterocycles. The summed E-state index contributed by atoms with van der Waals surface area (Å²) in [5, 5.41) is 24.4. The summed E-state index contributed by atoms with van der Waals surface area (Å²) in [7, 11) is 1.58. The molecule has 3 aliphatic heterocycles. The van der Waals surface area contributed by atoms with E-state index >= 15 is 0 Å². The van der Waals surface area contributed by atoms with Crippen LogP contribution in [0.15, 0.2) is 89.5 Å². The molecule has 0 fully saturated rings. The standard InChI is InChI=1S/C37H33N3O7.CH2O2/c1-22-33(34(39-47-22)23-7-4-3-5-8-23)37(43)40-17-15-24-19-26-10-12-28(24)35(40)25-9-14-31(44-2)32(20-25)45-18-6-16-38-36(42)29-21-27(46-26)11-13-30(29)41;2-1-3/h3-5,7-14,19-21,35,41H,6,15-18H2,1-2H3,(H,38,42);1H,(H,2,3). The van der Waals surface area contributed by atoms with Gasteiger partial charge in [-0.05, 0) is 78.9 Å². The van der Waals surface area contributed by atoms with Crippen molar-refractivity contribution in [3.05, 3.63) is 119 Å². The number of ether oxygens (including phenoxy) is 3. The molecular formula is C38H35N3O9. The Kier molecular flexibility index (Phi) is 9.98. The lowest BCUT2D eigenvalue weighted by Gasteiger charge is -2.38. The molecule has 2 amide bonds. The number of carbonyl (C=O) groups is 3. The maximum absolute atomic E-state index is 14.6. The lowest BCUT2D eigenvalue weighted by Crippen LogP contribution is -2.41. The van der Waals surface area contributed by atoms with E-state index in [1.807, 2.05) is 71.6 Å². The highest BCUT2D eigenvalue weighted by Crippen LogP contribution is 2.42. The van der Waals surface area contributed by atoms with Gasteiger partial charge in [0, 0.05) is 18.7 Å². The highest BCUT2D eigenvalue weighted by atomic mass is 16.5. The molecular weight excluding hydrogens is 642 g/mol. The van der Waals surface area contributed by atoms with Crippen molar-refractivity contribution in [2.45, 2.75) is 25.8 Å². The summed E-state index contributed by atoms with van der Waals surface area (Å²) in [6.07, 6.45) is 1.08. The summed E-state index contributed by atoms with van der Waals surface area (Å²) in [4.78, 5) is 37.7. The number of rotatable bonds is 3. The Morgan fingerprint density at radius 1 is 1.04 bits per heavy atom. The van der Waals surface area contributed by atoms with Crippen molar-refractivity contribution in [2.24, 2.45) is 0 Å². The van der Waals surface area contributed by atoms with E-state index in [-0.39, 0.29) is 23.7 Å². The third-order valence-electron chi connectivity index (χ3n) is 8.54. The van der Waals surface area contributed by atoms with Gasteiger partial charge in [0.25, 0.3) is 18.3 Å². The Balaban J connectivity index is 0.00000139. The molecule has 12 nitrogen and oxygen atoms in total. The Hall–Kier alpha value is -6.30. The van der Waals surface area contributed by atoms with Crippen molar-refractivity contribution in [1.82, 2.24) is 15.4 Å². The number of phenols is 1. The maximum atomic E-state index is 14.6. The van der Waals surface area contributed by atoms with Gasteiger partial charge in [0.05, 0.1) is 25.3 Å². The van der Waals surface area contributed by atoms with Crippen LogP contribution in [0.1, 0.15) is 55.6 Å². The number of aromatic hydroxyl groups is 1. The van der Waals surface area contributed by atoms with Gasteiger partial charge in [-0.1, -0.05) is 47.6 Å². The van der Waals surface area contributed by atoms with E-state index in [0.717, 1.165) is 22.3 Å². The number of hydrogen-bond acceptors (Lipinski definition) is 9. The molecule has 4 heterocycles. The van der Waals surface area contributed by atoms with Gasteiger partial charge in [-0.25, -0.2) is 0 Å². The fourth-order valence-electron chi connectivity index (χ4n) is 6.23. The summed E-state index contributed by atoms with van der Waals surface area (Å²) in [5.41, 5.74) is 4.64. The van der Waals surface area contributed by atoms with Crippen LogP contribution in [0.2, 0.25) is 0 Å². The van der Waals surface area contributed by atoms with E-state index in [0.29, 0.717) is 72.6 Å². The molecule has 1 unspecified atom stereocenters. The van der Waals surface area contributed by atoms with Crippen LogP contribution in [0.5, 0.6) is 28.7 Å². The SMILES string of the molecule is COc1ccc2cc1OCCCNC(=O)c1cc(ccc1O)Oc1ccc3c(c1)CCN(C(=O)c1c(-c4ccccc4)noc1C)C23.O=CO. The fourth-order valence-corrected chi connectivity index (χ4v) is 6.23. The zero-order chi connectivity index (χ0) is 35.2. The Labute approximate surface area is 287 Å². The summed E-state index contributed by atoms with van der Waals surface area (Å²) in [5.74, 6) is 1.76. The summed E-state index contributed by atoms with van der Waals surface area (Å²) < 4.78 is 23.6. The Morgan fingerprint density at radius 2 is 1.80 bits per heavy atom. The second-order valence-corrected chi connectivity index (χ2v) is 11.6. The number of aromatic nitrogens is 1. The van der Waals surface area contributed by atoms with Gasteiger partial charge < -0.3 is 39.2 Å². The monoisotopic (exact) mass is 677 g/mol. The topological polar surface area (TPSA) is 161 Å². The van der Waals surface area contributed by atoms with Crippen LogP contribution in [0, 0.1) is 6.92 Å². The molecule has 0 aliphatic carbocycles. The van der Waals surface area contributed by atoms with Gasteiger partial charge >= 0.3 is 0 Å². The molecule has 0 saturated carbocycles. The first-order chi connectivity index (χ1) is 24.3. The molecule has 4 aromatic carbocycles. The average Bonchev–Trinajstić information content (AvgIpc) is 3.52. The number of aryl methyl sites for hydroxylation is 1. The number of benzene rings is 4. The second-order valence-electron chi connectivity index (χ2n) is 11.6. The molecule has 0 spiro atoms. The second kappa shape index (κ2) is 14.9. The highest BCUT2D eigenvalue weighted by Gasteiger charge is 2.36. The van der Waals surface area contributed by atoms with Crippen molar-refractivity contribution in [3.8, 4) is 40.0 Å². The van der Waals surface area contributed by atoms with Crippen molar-refractivity contribution in [3.63, 3.8) is 0 Å². The minimum atomic E-state index is -0.468. The molecule has 12 heteroatoms.